The largest absolute Gasteiger partial charge is 0.480 e. The molecule has 0 aliphatic rings. The van der Waals surface area contributed by atoms with E-state index in [-0.39, 0.29) is 18.7 Å². The summed E-state index contributed by atoms with van der Waals surface area (Å²) in [5, 5.41) is 13.3. The maximum atomic E-state index is 12.1. The Balaban J connectivity index is 1.92. The van der Waals surface area contributed by atoms with Crippen LogP contribution in [0.2, 0.25) is 15.1 Å². The van der Waals surface area contributed by atoms with E-state index in [2.05, 4.69) is 5.32 Å². The van der Waals surface area contributed by atoms with Crippen LogP contribution in [-0.2, 0) is 22.4 Å². The van der Waals surface area contributed by atoms with E-state index in [0.717, 1.165) is 11.1 Å². The van der Waals surface area contributed by atoms with Crippen LogP contribution < -0.4 is 5.32 Å². The lowest BCUT2D eigenvalue weighted by Gasteiger charge is -2.15. The average Bonchev–Trinajstić information content (AvgIpc) is 2.57. The fourth-order valence-electron chi connectivity index (χ4n) is 2.28. The van der Waals surface area contributed by atoms with Crippen LogP contribution in [0.3, 0.4) is 0 Å². The van der Waals surface area contributed by atoms with Crippen molar-refractivity contribution < 1.29 is 14.7 Å². The molecule has 0 spiro atoms. The third-order valence-electron chi connectivity index (χ3n) is 3.61. The summed E-state index contributed by atoms with van der Waals surface area (Å²) >= 11 is 17.6. The summed E-state index contributed by atoms with van der Waals surface area (Å²) in [5.41, 5.74) is 1.63. The smallest absolute Gasteiger partial charge is 0.326 e. The number of carboxylic acid groups (broad SMARTS) is 1. The summed E-state index contributed by atoms with van der Waals surface area (Å²) in [6.45, 7) is 0. The van der Waals surface area contributed by atoms with Crippen molar-refractivity contribution in [2.45, 2.75) is 25.3 Å². The number of hydrogen-bond acceptors (Lipinski definition) is 2. The molecule has 2 aromatic rings. The Hall–Kier alpha value is -1.75. The molecule has 0 aromatic heterocycles. The van der Waals surface area contributed by atoms with Gasteiger partial charge in [0, 0.05) is 17.9 Å². The Labute approximate surface area is 160 Å². The Morgan fingerprint density at radius 1 is 0.960 bits per heavy atom. The second-order valence-corrected chi connectivity index (χ2v) is 6.79. The van der Waals surface area contributed by atoms with Gasteiger partial charge in [0.15, 0.2) is 0 Å². The van der Waals surface area contributed by atoms with Gasteiger partial charge in [-0.1, -0.05) is 53.0 Å². The lowest BCUT2D eigenvalue weighted by Crippen LogP contribution is -2.42. The standard InChI is InChI=1S/C18H16Cl3NO3/c19-13-5-1-12(2-6-13)10-16(18(24)25)22-17(23)8-4-11-3-7-14(20)15(21)9-11/h1-3,5-7,9,16H,4,8,10H2,(H,22,23)(H,24,25). The quantitative estimate of drug-likeness (QED) is 0.724. The molecule has 7 heteroatoms. The van der Waals surface area contributed by atoms with E-state index in [0.29, 0.717) is 21.5 Å². The first-order valence-corrected chi connectivity index (χ1v) is 8.69. The van der Waals surface area contributed by atoms with Gasteiger partial charge in [-0.05, 0) is 41.8 Å². The Morgan fingerprint density at radius 2 is 1.60 bits per heavy atom. The van der Waals surface area contributed by atoms with Crippen LogP contribution in [0.4, 0.5) is 0 Å². The van der Waals surface area contributed by atoms with Crippen molar-refractivity contribution in [3.8, 4) is 0 Å². The second-order valence-electron chi connectivity index (χ2n) is 5.54. The maximum absolute atomic E-state index is 12.1. The third-order valence-corrected chi connectivity index (χ3v) is 4.60. The number of carbonyl (C=O) groups is 2. The predicted molar refractivity (Wildman–Crippen MR) is 99.5 cm³/mol. The van der Waals surface area contributed by atoms with Gasteiger partial charge in [0.1, 0.15) is 6.04 Å². The van der Waals surface area contributed by atoms with Gasteiger partial charge in [0.2, 0.25) is 5.91 Å². The number of rotatable bonds is 7. The Kier molecular flexibility index (Phi) is 7.12. The number of carboxylic acids is 1. The summed E-state index contributed by atoms with van der Waals surface area (Å²) in [6, 6.07) is 11.0. The van der Waals surface area contributed by atoms with E-state index in [4.69, 9.17) is 34.8 Å². The molecule has 132 valence electrons. The van der Waals surface area contributed by atoms with Crippen LogP contribution in [0.15, 0.2) is 42.5 Å². The summed E-state index contributed by atoms with van der Waals surface area (Å²) in [7, 11) is 0. The number of halogens is 3. The lowest BCUT2D eigenvalue weighted by molar-refractivity contribution is -0.141. The number of aryl methyl sites for hydroxylation is 1. The van der Waals surface area contributed by atoms with Crippen LogP contribution in [0.25, 0.3) is 0 Å². The van der Waals surface area contributed by atoms with E-state index in [1.54, 1.807) is 42.5 Å². The average molecular weight is 401 g/mol. The summed E-state index contributed by atoms with van der Waals surface area (Å²) in [6.07, 6.45) is 0.781. The van der Waals surface area contributed by atoms with Crippen molar-refractivity contribution in [3.05, 3.63) is 68.7 Å². The molecule has 1 atom stereocenters. The Morgan fingerprint density at radius 3 is 2.20 bits per heavy atom. The zero-order chi connectivity index (χ0) is 18.4. The SMILES string of the molecule is O=C(CCc1ccc(Cl)c(Cl)c1)NC(Cc1ccc(Cl)cc1)C(=O)O. The van der Waals surface area contributed by atoms with E-state index in [9.17, 15) is 14.7 Å². The molecule has 0 radical (unpaired) electrons. The number of carbonyl (C=O) groups excluding carboxylic acids is 1. The van der Waals surface area contributed by atoms with Crippen molar-refractivity contribution in [3.63, 3.8) is 0 Å². The van der Waals surface area contributed by atoms with Crippen LogP contribution in [-0.4, -0.2) is 23.0 Å². The van der Waals surface area contributed by atoms with Crippen LogP contribution in [0, 0.1) is 0 Å². The molecular formula is C18H16Cl3NO3. The van der Waals surface area contributed by atoms with Gasteiger partial charge in [-0.25, -0.2) is 4.79 Å². The summed E-state index contributed by atoms with van der Waals surface area (Å²) in [5.74, 6) is -1.43. The van der Waals surface area contributed by atoms with Gasteiger partial charge in [0.05, 0.1) is 10.0 Å². The van der Waals surface area contributed by atoms with Gasteiger partial charge in [-0.15, -0.1) is 0 Å². The molecule has 2 rings (SSSR count). The fourth-order valence-corrected chi connectivity index (χ4v) is 2.72. The molecule has 25 heavy (non-hydrogen) atoms. The molecule has 0 aliphatic heterocycles. The molecule has 4 nitrogen and oxygen atoms in total. The lowest BCUT2D eigenvalue weighted by atomic mass is 10.1. The van der Waals surface area contributed by atoms with Crippen LogP contribution >= 0.6 is 34.8 Å². The van der Waals surface area contributed by atoms with Crippen LogP contribution in [0.1, 0.15) is 17.5 Å². The van der Waals surface area contributed by atoms with Gasteiger partial charge in [-0.3, -0.25) is 4.79 Å². The molecule has 2 aromatic carbocycles. The molecule has 1 unspecified atom stereocenters. The molecule has 0 fully saturated rings. The number of hydrogen-bond donors (Lipinski definition) is 2. The first-order valence-electron chi connectivity index (χ1n) is 7.55. The Bertz CT molecular complexity index is 763. The van der Waals surface area contributed by atoms with E-state index >= 15 is 0 Å². The van der Waals surface area contributed by atoms with Crippen molar-refractivity contribution in [2.24, 2.45) is 0 Å². The first kappa shape index (κ1) is 19.6. The highest BCUT2D eigenvalue weighted by atomic mass is 35.5. The van der Waals surface area contributed by atoms with Gasteiger partial charge >= 0.3 is 5.97 Å². The zero-order valence-corrected chi connectivity index (χ0v) is 15.4. The number of aliphatic carboxylic acids is 1. The molecular weight excluding hydrogens is 385 g/mol. The summed E-state index contributed by atoms with van der Waals surface area (Å²) < 4.78 is 0. The minimum absolute atomic E-state index is 0.155. The van der Waals surface area contributed by atoms with E-state index < -0.39 is 12.0 Å². The molecule has 0 heterocycles. The highest BCUT2D eigenvalue weighted by Crippen LogP contribution is 2.23. The van der Waals surface area contributed by atoms with Crippen molar-refractivity contribution >= 4 is 46.7 Å². The highest BCUT2D eigenvalue weighted by Gasteiger charge is 2.20. The third kappa shape index (κ3) is 6.24. The highest BCUT2D eigenvalue weighted by molar-refractivity contribution is 6.42. The van der Waals surface area contributed by atoms with E-state index in [1.165, 1.54) is 0 Å². The normalized spacial score (nSPS) is 11.8. The molecule has 1 amide bonds. The van der Waals surface area contributed by atoms with Gasteiger partial charge in [-0.2, -0.15) is 0 Å². The fraction of sp³-hybridized carbons (Fsp3) is 0.222. The van der Waals surface area contributed by atoms with Crippen molar-refractivity contribution in [2.75, 3.05) is 0 Å². The summed E-state index contributed by atoms with van der Waals surface area (Å²) in [4.78, 5) is 23.5. The van der Waals surface area contributed by atoms with Crippen LogP contribution in [0.5, 0.6) is 0 Å². The maximum Gasteiger partial charge on any atom is 0.326 e. The molecule has 0 saturated heterocycles. The van der Waals surface area contributed by atoms with Gasteiger partial charge < -0.3 is 10.4 Å². The zero-order valence-electron chi connectivity index (χ0n) is 13.1. The molecule has 0 bridgehead atoms. The number of nitrogens with one attached hydrogen (secondary N) is 1. The topological polar surface area (TPSA) is 66.4 Å². The van der Waals surface area contributed by atoms with E-state index in [1.807, 2.05) is 0 Å². The van der Waals surface area contributed by atoms with Gasteiger partial charge in [0.25, 0.3) is 0 Å². The predicted octanol–water partition coefficient (Wildman–Crippen LogP) is 4.39. The van der Waals surface area contributed by atoms with Crippen molar-refractivity contribution in [1.82, 2.24) is 5.32 Å². The number of benzene rings is 2. The minimum Gasteiger partial charge on any atom is -0.480 e. The molecule has 2 N–H and O–H groups in total. The number of amides is 1. The minimum atomic E-state index is -1.09. The molecule has 0 saturated carbocycles. The van der Waals surface area contributed by atoms with Crippen molar-refractivity contribution in [1.29, 1.82) is 0 Å². The first-order chi connectivity index (χ1) is 11.8. The second kappa shape index (κ2) is 9.09. The molecule has 0 aliphatic carbocycles. The monoisotopic (exact) mass is 399 g/mol.